The minimum absolute atomic E-state index is 0.0352. The summed E-state index contributed by atoms with van der Waals surface area (Å²) in [5.41, 5.74) is 4.87. The zero-order chi connectivity index (χ0) is 21.3. The second kappa shape index (κ2) is 8.29. The average molecular weight is 430 g/mol. The number of ether oxygens (including phenoxy) is 1. The fourth-order valence-corrected chi connectivity index (χ4v) is 5.13. The highest BCUT2D eigenvalue weighted by Gasteiger charge is 2.32. The van der Waals surface area contributed by atoms with E-state index in [1.54, 1.807) is 4.68 Å². The molecule has 0 amide bonds. The second-order valence-corrected chi connectivity index (χ2v) is 9.46. The van der Waals surface area contributed by atoms with Crippen molar-refractivity contribution in [1.82, 2.24) is 14.1 Å². The molecule has 2 aromatic carbocycles. The van der Waals surface area contributed by atoms with Gasteiger partial charge in [-0.1, -0.05) is 35.9 Å². The third kappa shape index (κ3) is 4.16. The summed E-state index contributed by atoms with van der Waals surface area (Å²) >= 11 is 0. The summed E-state index contributed by atoms with van der Waals surface area (Å²) in [5, 5.41) is 4.55. The van der Waals surface area contributed by atoms with E-state index in [4.69, 9.17) is 4.74 Å². The smallest absolute Gasteiger partial charge is 0.243 e. The van der Waals surface area contributed by atoms with E-state index < -0.39 is 15.8 Å². The van der Waals surface area contributed by atoms with Gasteiger partial charge in [-0.15, -0.1) is 0 Å². The largest absolute Gasteiger partial charge is 0.370 e. The van der Waals surface area contributed by atoms with E-state index in [-0.39, 0.29) is 11.4 Å². The van der Waals surface area contributed by atoms with Gasteiger partial charge in [0, 0.05) is 37.8 Å². The number of nitrogens with zero attached hydrogens (tertiary/aromatic N) is 3. The monoisotopic (exact) mass is 429 g/mol. The molecule has 0 bridgehead atoms. The van der Waals surface area contributed by atoms with Crippen molar-refractivity contribution in [2.45, 2.75) is 38.0 Å². The standard InChI is InChI=1S/C22H24FN3O3S/c1-16-6-8-17(9-7-16)14-29-15-21-20-13-26(11-10-22(20)25(2)24-21)30(27,28)19-5-3-4-18(23)12-19/h3-9,12H,10-11,13-15H2,1-2H3. The number of rotatable bonds is 6. The summed E-state index contributed by atoms with van der Waals surface area (Å²) in [6.45, 7) is 3.32. The van der Waals surface area contributed by atoms with Crippen molar-refractivity contribution < 1.29 is 17.5 Å². The first-order chi connectivity index (χ1) is 14.3. The molecule has 0 spiro atoms. The van der Waals surface area contributed by atoms with Crippen molar-refractivity contribution in [3.63, 3.8) is 0 Å². The number of aryl methyl sites for hydroxylation is 2. The molecule has 30 heavy (non-hydrogen) atoms. The van der Waals surface area contributed by atoms with Crippen molar-refractivity contribution in [3.05, 3.63) is 82.4 Å². The van der Waals surface area contributed by atoms with Crippen molar-refractivity contribution in [1.29, 1.82) is 0 Å². The van der Waals surface area contributed by atoms with E-state index in [1.807, 2.05) is 38.2 Å². The Balaban J connectivity index is 1.51. The first kappa shape index (κ1) is 20.7. The predicted molar refractivity (Wildman–Crippen MR) is 111 cm³/mol. The third-order valence-corrected chi connectivity index (χ3v) is 7.19. The third-order valence-electron chi connectivity index (χ3n) is 5.35. The first-order valence-electron chi connectivity index (χ1n) is 9.77. The topological polar surface area (TPSA) is 64.4 Å². The molecule has 1 aliphatic heterocycles. The summed E-state index contributed by atoms with van der Waals surface area (Å²) in [5.74, 6) is -0.569. The Morgan fingerprint density at radius 3 is 2.63 bits per heavy atom. The quantitative estimate of drug-likeness (QED) is 0.603. The number of fused-ring (bicyclic) bond motifs is 1. The summed E-state index contributed by atoms with van der Waals surface area (Å²) in [7, 11) is -1.93. The molecule has 158 valence electrons. The maximum absolute atomic E-state index is 13.6. The van der Waals surface area contributed by atoms with E-state index >= 15 is 0 Å². The molecule has 0 atom stereocenters. The molecule has 3 aromatic rings. The highest BCUT2D eigenvalue weighted by atomic mass is 32.2. The van der Waals surface area contributed by atoms with Crippen LogP contribution in [0.3, 0.4) is 0 Å². The van der Waals surface area contributed by atoms with Crippen molar-refractivity contribution >= 4 is 10.0 Å². The Morgan fingerprint density at radius 1 is 1.13 bits per heavy atom. The van der Waals surface area contributed by atoms with Gasteiger partial charge in [0.1, 0.15) is 5.82 Å². The fourth-order valence-electron chi connectivity index (χ4n) is 3.69. The van der Waals surface area contributed by atoms with Gasteiger partial charge in [0.15, 0.2) is 0 Å². The van der Waals surface area contributed by atoms with Gasteiger partial charge in [0.05, 0.1) is 23.8 Å². The summed E-state index contributed by atoms with van der Waals surface area (Å²) in [4.78, 5) is -0.0352. The zero-order valence-corrected chi connectivity index (χ0v) is 17.8. The molecule has 0 unspecified atom stereocenters. The van der Waals surface area contributed by atoms with E-state index in [1.165, 1.54) is 28.1 Å². The molecule has 6 nitrogen and oxygen atoms in total. The van der Waals surface area contributed by atoms with E-state index in [0.29, 0.717) is 26.2 Å². The lowest BCUT2D eigenvalue weighted by molar-refractivity contribution is 0.103. The molecule has 8 heteroatoms. The van der Waals surface area contributed by atoms with Gasteiger partial charge >= 0.3 is 0 Å². The highest BCUT2D eigenvalue weighted by molar-refractivity contribution is 7.89. The summed E-state index contributed by atoms with van der Waals surface area (Å²) in [6.07, 6.45) is 0.547. The average Bonchev–Trinajstić information content (AvgIpc) is 3.05. The van der Waals surface area contributed by atoms with Gasteiger partial charge < -0.3 is 4.74 Å². The molecule has 0 saturated carbocycles. The molecular weight excluding hydrogens is 405 g/mol. The number of aromatic nitrogens is 2. The van der Waals surface area contributed by atoms with Crippen LogP contribution in [0, 0.1) is 12.7 Å². The van der Waals surface area contributed by atoms with Crippen LogP contribution in [-0.2, 0) is 48.0 Å². The Hall–Kier alpha value is -2.55. The Morgan fingerprint density at radius 2 is 1.90 bits per heavy atom. The van der Waals surface area contributed by atoms with E-state index in [0.717, 1.165) is 28.6 Å². The van der Waals surface area contributed by atoms with Gasteiger partial charge in [0.2, 0.25) is 10.0 Å². The lowest BCUT2D eigenvalue weighted by atomic mass is 10.1. The molecule has 1 aliphatic rings. The SMILES string of the molecule is Cc1ccc(COCc2nn(C)c3c2CN(S(=O)(=O)c2cccc(F)c2)CC3)cc1. The van der Waals surface area contributed by atoms with E-state index in [2.05, 4.69) is 5.10 Å². The number of sulfonamides is 1. The van der Waals surface area contributed by atoms with Gasteiger partial charge in [-0.25, -0.2) is 12.8 Å². The fraction of sp³-hybridized carbons (Fsp3) is 0.318. The maximum Gasteiger partial charge on any atom is 0.243 e. The van der Waals surface area contributed by atoms with Crippen LogP contribution >= 0.6 is 0 Å². The molecule has 2 heterocycles. The molecule has 4 rings (SSSR count). The lowest BCUT2D eigenvalue weighted by Crippen LogP contribution is -2.36. The van der Waals surface area contributed by atoms with Gasteiger partial charge in [0.25, 0.3) is 0 Å². The number of benzene rings is 2. The molecule has 0 N–H and O–H groups in total. The van der Waals surface area contributed by atoms with Crippen molar-refractivity contribution in [2.24, 2.45) is 7.05 Å². The van der Waals surface area contributed by atoms with Crippen LogP contribution in [0.4, 0.5) is 4.39 Å². The zero-order valence-electron chi connectivity index (χ0n) is 17.0. The van der Waals surface area contributed by atoms with Crippen LogP contribution in [-0.4, -0.2) is 29.0 Å². The lowest BCUT2D eigenvalue weighted by Gasteiger charge is -2.27. The van der Waals surface area contributed by atoms with Crippen LogP contribution in [0.25, 0.3) is 0 Å². The van der Waals surface area contributed by atoms with Crippen LogP contribution in [0.15, 0.2) is 53.4 Å². The Kier molecular flexibility index (Phi) is 5.73. The van der Waals surface area contributed by atoms with Crippen molar-refractivity contribution in [3.8, 4) is 0 Å². The molecule has 0 aliphatic carbocycles. The Bertz CT molecular complexity index is 1160. The summed E-state index contributed by atoms with van der Waals surface area (Å²) < 4.78 is 48.6. The van der Waals surface area contributed by atoms with Crippen LogP contribution in [0.1, 0.15) is 28.1 Å². The first-order valence-corrected chi connectivity index (χ1v) is 11.2. The molecular formula is C22H24FN3O3S. The van der Waals surface area contributed by atoms with E-state index in [9.17, 15) is 12.8 Å². The predicted octanol–water partition coefficient (Wildman–Crippen LogP) is 3.33. The van der Waals surface area contributed by atoms with Gasteiger partial charge in [-0.3, -0.25) is 4.68 Å². The number of halogens is 1. The van der Waals surface area contributed by atoms with Crippen LogP contribution < -0.4 is 0 Å². The summed E-state index contributed by atoms with van der Waals surface area (Å²) in [6, 6.07) is 13.2. The Labute approximate surface area is 176 Å². The molecule has 0 saturated heterocycles. The molecule has 0 radical (unpaired) electrons. The van der Waals surface area contributed by atoms with Crippen LogP contribution in [0.2, 0.25) is 0 Å². The normalized spacial score (nSPS) is 14.6. The maximum atomic E-state index is 13.6. The van der Waals surface area contributed by atoms with Crippen molar-refractivity contribution in [2.75, 3.05) is 6.54 Å². The van der Waals surface area contributed by atoms with Crippen LogP contribution in [0.5, 0.6) is 0 Å². The molecule has 1 aromatic heterocycles. The second-order valence-electron chi connectivity index (χ2n) is 7.52. The van der Waals surface area contributed by atoms with Gasteiger partial charge in [-0.05, 0) is 30.7 Å². The highest BCUT2D eigenvalue weighted by Crippen LogP contribution is 2.27. The molecule has 0 fully saturated rings. The van der Waals surface area contributed by atoms with Gasteiger partial charge in [-0.2, -0.15) is 9.40 Å². The minimum Gasteiger partial charge on any atom is -0.370 e. The number of hydrogen-bond donors (Lipinski definition) is 0. The number of hydrogen-bond acceptors (Lipinski definition) is 4. The minimum atomic E-state index is -3.79.